The molecule has 0 bridgehead atoms. The quantitative estimate of drug-likeness (QED) is 0.409. The van der Waals surface area contributed by atoms with Crippen LogP contribution in [0.5, 0.6) is 5.75 Å². The summed E-state index contributed by atoms with van der Waals surface area (Å²) in [6.07, 6.45) is 1.99. The number of rotatable bonds is 7. The van der Waals surface area contributed by atoms with Crippen LogP contribution in [0.1, 0.15) is 16.7 Å². The van der Waals surface area contributed by atoms with Gasteiger partial charge in [-0.2, -0.15) is 5.10 Å². The van der Waals surface area contributed by atoms with Gasteiger partial charge in [0.05, 0.1) is 11.4 Å². The Balaban J connectivity index is 1.54. The molecule has 0 spiro atoms. The molecule has 1 heterocycles. The number of aromatic nitrogens is 2. The highest BCUT2D eigenvalue weighted by atomic mass is 16.5. The summed E-state index contributed by atoms with van der Waals surface area (Å²) in [5.41, 5.74) is 6.03. The molecule has 4 rings (SSSR count). The Morgan fingerprint density at radius 2 is 1.62 bits per heavy atom. The zero-order valence-corrected chi connectivity index (χ0v) is 18.7. The molecule has 0 aliphatic heterocycles. The van der Waals surface area contributed by atoms with Crippen molar-refractivity contribution in [2.45, 2.75) is 20.4 Å². The molecule has 0 aliphatic rings. The van der Waals surface area contributed by atoms with E-state index in [1.807, 2.05) is 104 Å². The normalized spacial score (nSPS) is 10.7. The minimum atomic E-state index is -0.0858. The topological polar surface area (TPSA) is 47.4 Å². The van der Waals surface area contributed by atoms with Crippen LogP contribution < -0.4 is 4.74 Å². The van der Waals surface area contributed by atoms with Gasteiger partial charge in [0.15, 0.2) is 6.61 Å². The maximum absolute atomic E-state index is 12.8. The Kier molecular flexibility index (Phi) is 6.36. The van der Waals surface area contributed by atoms with Crippen LogP contribution in [-0.2, 0) is 11.3 Å². The van der Waals surface area contributed by atoms with E-state index in [2.05, 4.69) is 0 Å². The summed E-state index contributed by atoms with van der Waals surface area (Å²) in [7, 11) is 1.80. The van der Waals surface area contributed by atoms with Crippen molar-refractivity contribution >= 4 is 5.91 Å². The largest absolute Gasteiger partial charge is 0.483 e. The molecule has 5 heteroatoms. The molecule has 32 heavy (non-hydrogen) atoms. The van der Waals surface area contributed by atoms with Crippen LogP contribution in [-0.4, -0.2) is 34.2 Å². The number of carbonyl (C=O) groups is 1. The maximum atomic E-state index is 12.8. The van der Waals surface area contributed by atoms with Gasteiger partial charge < -0.3 is 9.64 Å². The Hall–Kier alpha value is -3.86. The van der Waals surface area contributed by atoms with E-state index in [-0.39, 0.29) is 12.5 Å². The first-order valence-electron chi connectivity index (χ1n) is 10.7. The molecular formula is C27H27N3O2. The van der Waals surface area contributed by atoms with Crippen molar-refractivity contribution in [3.05, 3.63) is 102 Å². The second-order valence-corrected chi connectivity index (χ2v) is 7.89. The van der Waals surface area contributed by atoms with Gasteiger partial charge in [0, 0.05) is 30.9 Å². The lowest BCUT2D eigenvalue weighted by molar-refractivity contribution is -0.132. The zero-order valence-electron chi connectivity index (χ0n) is 18.7. The fourth-order valence-electron chi connectivity index (χ4n) is 3.55. The molecule has 0 N–H and O–H groups in total. The zero-order chi connectivity index (χ0) is 22.5. The Labute approximate surface area is 188 Å². The summed E-state index contributed by atoms with van der Waals surface area (Å²) in [6.45, 7) is 4.47. The van der Waals surface area contributed by atoms with E-state index in [0.29, 0.717) is 6.54 Å². The van der Waals surface area contributed by atoms with Gasteiger partial charge in [-0.25, -0.2) is 4.68 Å². The first-order valence-corrected chi connectivity index (χ1v) is 10.7. The van der Waals surface area contributed by atoms with E-state index in [0.717, 1.165) is 39.4 Å². The number of benzene rings is 3. The van der Waals surface area contributed by atoms with E-state index in [1.165, 1.54) is 0 Å². The molecule has 0 fully saturated rings. The van der Waals surface area contributed by atoms with Gasteiger partial charge in [0.25, 0.3) is 5.91 Å². The second-order valence-electron chi connectivity index (χ2n) is 7.89. The van der Waals surface area contributed by atoms with Crippen molar-refractivity contribution in [3.63, 3.8) is 0 Å². The number of hydrogen-bond donors (Lipinski definition) is 0. The predicted molar refractivity (Wildman–Crippen MR) is 127 cm³/mol. The van der Waals surface area contributed by atoms with E-state index in [4.69, 9.17) is 9.84 Å². The molecule has 3 aromatic carbocycles. The van der Waals surface area contributed by atoms with Crippen LogP contribution in [0.25, 0.3) is 16.9 Å². The van der Waals surface area contributed by atoms with E-state index >= 15 is 0 Å². The molecule has 0 aliphatic carbocycles. The Morgan fingerprint density at radius 1 is 0.938 bits per heavy atom. The highest BCUT2D eigenvalue weighted by molar-refractivity contribution is 5.78. The number of para-hydroxylation sites is 1. The van der Waals surface area contributed by atoms with Crippen LogP contribution in [0.4, 0.5) is 0 Å². The number of hydrogen-bond acceptors (Lipinski definition) is 3. The van der Waals surface area contributed by atoms with E-state index in [1.54, 1.807) is 11.9 Å². The van der Waals surface area contributed by atoms with Crippen LogP contribution in [0.3, 0.4) is 0 Å². The third kappa shape index (κ3) is 4.72. The first kappa shape index (κ1) is 21.4. The van der Waals surface area contributed by atoms with Gasteiger partial charge in [0.2, 0.25) is 0 Å². The summed E-state index contributed by atoms with van der Waals surface area (Å²) < 4.78 is 7.68. The average Bonchev–Trinajstić information content (AvgIpc) is 3.24. The molecular weight excluding hydrogens is 398 g/mol. The van der Waals surface area contributed by atoms with Crippen LogP contribution >= 0.6 is 0 Å². The fraction of sp³-hybridized carbons (Fsp3) is 0.185. The second kappa shape index (κ2) is 9.52. The molecule has 1 aromatic heterocycles. The molecule has 4 aromatic rings. The van der Waals surface area contributed by atoms with Gasteiger partial charge in [-0.05, 0) is 43.2 Å². The van der Waals surface area contributed by atoms with Crippen LogP contribution in [0.15, 0.2) is 85.1 Å². The number of carbonyl (C=O) groups excluding carboxylic acids is 1. The predicted octanol–water partition coefficient (Wildman–Crippen LogP) is 5.19. The Morgan fingerprint density at radius 3 is 2.34 bits per heavy atom. The summed E-state index contributed by atoms with van der Waals surface area (Å²) in [4.78, 5) is 14.5. The van der Waals surface area contributed by atoms with Crippen molar-refractivity contribution in [2.24, 2.45) is 0 Å². The smallest absolute Gasteiger partial charge is 0.260 e. The molecule has 0 saturated carbocycles. The van der Waals surface area contributed by atoms with Crippen molar-refractivity contribution < 1.29 is 9.53 Å². The highest BCUT2D eigenvalue weighted by Gasteiger charge is 2.17. The van der Waals surface area contributed by atoms with Gasteiger partial charge in [-0.15, -0.1) is 0 Å². The van der Waals surface area contributed by atoms with Crippen LogP contribution in [0.2, 0.25) is 0 Å². The van der Waals surface area contributed by atoms with Crippen molar-refractivity contribution in [2.75, 3.05) is 13.7 Å². The number of ether oxygens (including phenoxy) is 1. The van der Waals surface area contributed by atoms with Crippen molar-refractivity contribution in [1.82, 2.24) is 14.7 Å². The van der Waals surface area contributed by atoms with Gasteiger partial charge in [-0.1, -0.05) is 60.7 Å². The minimum absolute atomic E-state index is 0.00567. The van der Waals surface area contributed by atoms with Gasteiger partial charge in [-0.3, -0.25) is 4.79 Å². The summed E-state index contributed by atoms with van der Waals surface area (Å²) in [5, 5.41) is 4.83. The van der Waals surface area contributed by atoms with Gasteiger partial charge in [0.1, 0.15) is 5.75 Å². The van der Waals surface area contributed by atoms with Crippen molar-refractivity contribution in [1.29, 1.82) is 0 Å². The van der Waals surface area contributed by atoms with E-state index in [9.17, 15) is 4.79 Å². The number of aryl methyl sites for hydroxylation is 1. The average molecular weight is 426 g/mol. The molecule has 162 valence electrons. The SMILES string of the molecule is Cc1cccc(OCC(=O)N(C)Cc2cn(-c3ccccc3)nc2-c2ccccc2)c1C. The molecule has 0 atom stereocenters. The third-order valence-corrected chi connectivity index (χ3v) is 5.60. The van der Waals surface area contributed by atoms with Crippen LogP contribution in [0, 0.1) is 13.8 Å². The summed E-state index contributed by atoms with van der Waals surface area (Å²) >= 11 is 0. The van der Waals surface area contributed by atoms with Crippen molar-refractivity contribution in [3.8, 4) is 22.7 Å². The third-order valence-electron chi connectivity index (χ3n) is 5.60. The number of likely N-dealkylation sites (N-methyl/N-ethyl adjacent to an activating group) is 1. The summed E-state index contributed by atoms with van der Waals surface area (Å²) in [6, 6.07) is 25.9. The van der Waals surface area contributed by atoms with Gasteiger partial charge >= 0.3 is 0 Å². The standard InChI is InChI=1S/C27H27N3O2/c1-20-11-10-16-25(21(20)2)32-19-26(31)29(3)17-23-18-30(24-14-8-5-9-15-24)28-27(23)22-12-6-4-7-13-22/h4-16,18H,17,19H2,1-3H3. The lowest BCUT2D eigenvalue weighted by Crippen LogP contribution is -2.31. The molecule has 0 unspecified atom stereocenters. The molecule has 5 nitrogen and oxygen atoms in total. The highest BCUT2D eigenvalue weighted by Crippen LogP contribution is 2.25. The maximum Gasteiger partial charge on any atom is 0.260 e. The summed E-state index contributed by atoms with van der Waals surface area (Å²) in [5.74, 6) is 0.658. The van der Waals surface area contributed by atoms with E-state index < -0.39 is 0 Å². The molecule has 1 amide bonds. The lowest BCUT2D eigenvalue weighted by Gasteiger charge is -2.18. The minimum Gasteiger partial charge on any atom is -0.483 e. The fourth-order valence-corrected chi connectivity index (χ4v) is 3.55. The monoisotopic (exact) mass is 425 g/mol. The molecule has 0 saturated heterocycles. The molecule has 0 radical (unpaired) electrons. The first-order chi connectivity index (χ1) is 15.5. The lowest BCUT2D eigenvalue weighted by atomic mass is 10.1. The number of nitrogens with zero attached hydrogens (tertiary/aromatic N) is 3. The number of amides is 1. The Bertz CT molecular complexity index is 1200.